The second kappa shape index (κ2) is 6.43. The van der Waals surface area contributed by atoms with Crippen LogP contribution in [-0.2, 0) is 17.8 Å². The van der Waals surface area contributed by atoms with E-state index in [1.807, 2.05) is 25.1 Å². The van der Waals surface area contributed by atoms with Gasteiger partial charge in [0.25, 0.3) is 5.56 Å². The van der Waals surface area contributed by atoms with E-state index in [9.17, 15) is 9.59 Å². The average molecular weight is 302 g/mol. The number of hydrogen-bond acceptors (Lipinski definition) is 4. The first-order chi connectivity index (χ1) is 10.5. The highest BCUT2D eigenvalue weighted by Gasteiger charge is 2.13. The van der Waals surface area contributed by atoms with Crippen LogP contribution in [0, 0.1) is 6.92 Å². The zero-order valence-corrected chi connectivity index (χ0v) is 12.8. The second-order valence-electron chi connectivity index (χ2n) is 4.93. The van der Waals surface area contributed by atoms with E-state index < -0.39 is 5.97 Å². The molecule has 0 aliphatic heterocycles. The van der Waals surface area contributed by atoms with Crippen molar-refractivity contribution in [1.82, 2.24) is 9.78 Å². The average Bonchev–Trinajstić information content (AvgIpc) is 2.48. The minimum atomic E-state index is -1.04. The lowest BCUT2D eigenvalue weighted by atomic mass is 10.1. The first-order valence-corrected chi connectivity index (χ1v) is 6.94. The van der Waals surface area contributed by atoms with E-state index in [1.54, 1.807) is 20.1 Å². The van der Waals surface area contributed by atoms with Crippen LogP contribution in [0.15, 0.2) is 29.1 Å². The van der Waals surface area contributed by atoms with Crippen LogP contribution in [0.1, 0.15) is 18.1 Å². The van der Waals surface area contributed by atoms with Gasteiger partial charge >= 0.3 is 5.97 Å². The van der Waals surface area contributed by atoms with Gasteiger partial charge in [0, 0.05) is 17.7 Å². The van der Waals surface area contributed by atoms with Crippen molar-refractivity contribution in [2.75, 3.05) is 7.11 Å². The third kappa shape index (κ3) is 3.16. The van der Waals surface area contributed by atoms with Crippen molar-refractivity contribution >= 4 is 5.97 Å². The summed E-state index contributed by atoms with van der Waals surface area (Å²) >= 11 is 0. The number of nitrogens with zero attached hydrogens (tertiary/aromatic N) is 2. The fourth-order valence-corrected chi connectivity index (χ4v) is 2.28. The molecule has 2 rings (SSSR count). The molecule has 1 heterocycles. The van der Waals surface area contributed by atoms with E-state index in [-0.39, 0.29) is 17.5 Å². The maximum atomic E-state index is 12.1. The lowest BCUT2D eigenvalue weighted by molar-refractivity contribution is -0.136. The number of aliphatic carboxylic acids is 1. The number of rotatable bonds is 5. The van der Waals surface area contributed by atoms with Gasteiger partial charge in [-0.25, -0.2) is 4.68 Å². The second-order valence-corrected chi connectivity index (χ2v) is 4.93. The number of carboxylic acid groups (broad SMARTS) is 1. The Kier molecular flexibility index (Phi) is 4.60. The number of carboxylic acids is 1. The molecule has 0 saturated carbocycles. The molecule has 0 radical (unpaired) electrons. The Morgan fingerprint density at radius 2 is 2.09 bits per heavy atom. The Bertz CT molecular complexity index is 765. The molecule has 0 fully saturated rings. The monoisotopic (exact) mass is 302 g/mol. The Balaban J connectivity index is 2.57. The molecule has 0 spiro atoms. The lowest BCUT2D eigenvalue weighted by Crippen LogP contribution is -2.27. The van der Waals surface area contributed by atoms with Gasteiger partial charge < -0.3 is 9.84 Å². The molecular weight excluding hydrogens is 284 g/mol. The summed E-state index contributed by atoms with van der Waals surface area (Å²) in [6.07, 6.45) is -0.316. The Hall–Kier alpha value is -2.63. The third-order valence-corrected chi connectivity index (χ3v) is 3.38. The Morgan fingerprint density at radius 1 is 1.36 bits per heavy atom. The quantitative estimate of drug-likeness (QED) is 0.912. The number of aromatic nitrogens is 2. The maximum absolute atomic E-state index is 12.1. The highest BCUT2D eigenvalue weighted by atomic mass is 16.5. The summed E-state index contributed by atoms with van der Waals surface area (Å²) in [6, 6.07) is 7.11. The van der Waals surface area contributed by atoms with E-state index in [0.717, 1.165) is 16.9 Å². The van der Waals surface area contributed by atoms with Crippen LogP contribution in [-0.4, -0.2) is 28.0 Å². The maximum Gasteiger partial charge on any atom is 0.308 e. The van der Waals surface area contributed by atoms with Gasteiger partial charge in [0.1, 0.15) is 5.75 Å². The fraction of sp³-hybridized carbons (Fsp3) is 0.312. The van der Waals surface area contributed by atoms with Crippen LogP contribution < -0.4 is 10.3 Å². The van der Waals surface area contributed by atoms with Crippen LogP contribution in [0.25, 0.3) is 11.3 Å². The van der Waals surface area contributed by atoms with Gasteiger partial charge in [-0.2, -0.15) is 5.10 Å². The topological polar surface area (TPSA) is 81.4 Å². The molecule has 1 aromatic heterocycles. The van der Waals surface area contributed by atoms with Gasteiger partial charge in [-0.1, -0.05) is 0 Å². The van der Waals surface area contributed by atoms with Gasteiger partial charge in [0.05, 0.1) is 19.2 Å². The smallest absolute Gasteiger partial charge is 0.308 e. The van der Waals surface area contributed by atoms with Crippen LogP contribution in [0.3, 0.4) is 0 Å². The molecule has 0 bridgehead atoms. The van der Waals surface area contributed by atoms with Crippen LogP contribution in [0.4, 0.5) is 0 Å². The minimum Gasteiger partial charge on any atom is -0.496 e. The normalized spacial score (nSPS) is 10.5. The van der Waals surface area contributed by atoms with Gasteiger partial charge in [-0.15, -0.1) is 0 Å². The number of aryl methyl sites for hydroxylation is 2. The molecule has 22 heavy (non-hydrogen) atoms. The zero-order valence-electron chi connectivity index (χ0n) is 12.8. The molecule has 0 amide bonds. The van der Waals surface area contributed by atoms with Crippen molar-refractivity contribution in [1.29, 1.82) is 0 Å². The molecule has 2 aromatic rings. The molecule has 0 aliphatic rings. The largest absolute Gasteiger partial charge is 0.496 e. The van der Waals surface area contributed by atoms with Crippen molar-refractivity contribution in [2.45, 2.75) is 26.8 Å². The standard InChI is InChI=1S/C16H18N2O4/c1-4-18-16(21)12(9-15(19)20)8-13(17-18)11-5-6-14(22-3)10(2)7-11/h5-8H,4,9H2,1-3H3,(H,19,20). The molecule has 0 atom stereocenters. The molecule has 0 saturated heterocycles. The first-order valence-electron chi connectivity index (χ1n) is 6.94. The first kappa shape index (κ1) is 15.8. The predicted octanol–water partition coefficient (Wildman–Crippen LogP) is 1.87. The fourth-order valence-electron chi connectivity index (χ4n) is 2.28. The van der Waals surface area contributed by atoms with Crippen LogP contribution >= 0.6 is 0 Å². The molecule has 1 aromatic carbocycles. The summed E-state index contributed by atoms with van der Waals surface area (Å²) in [5.74, 6) is -0.277. The van der Waals surface area contributed by atoms with E-state index in [4.69, 9.17) is 9.84 Å². The molecule has 6 nitrogen and oxygen atoms in total. The summed E-state index contributed by atoms with van der Waals surface area (Å²) < 4.78 is 6.51. The number of benzene rings is 1. The summed E-state index contributed by atoms with van der Waals surface area (Å²) in [4.78, 5) is 23.0. The van der Waals surface area contributed by atoms with Crippen molar-refractivity contribution in [3.8, 4) is 17.0 Å². The molecular formula is C16H18N2O4. The van der Waals surface area contributed by atoms with Gasteiger partial charge in [0.2, 0.25) is 0 Å². The van der Waals surface area contributed by atoms with E-state index in [1.165, 1.54) is 4.68 Å². The van der Waals surface area contributed by atoms with E-state index >= 15 is 0 Å². The van der Waals surface area contributed by atoms with Gasteiger partial charge in [0.15, 0.2) is 0 Å². The van der Waals surface area contributed by atoms with E-state index in [0.29, 0.717) is 12.2 Å². The summed E-state index contributed by atoms with van der Waals surface area (Å²) in [5, 5.41) is 13.2. The van der Waals surface area contributed by atoms with E-state index in [2.05, 4.69) is 5.10 Å². The molecule has 0 unspecified atom stereocenters. The van der Waals surface area contributed by atoms with Crippen molar-refractivity contribution in [2.24, 2.45) is 0 Å². The number of ether oxygens (including phenoxy) is 1. The summed E-state index contributed by atoms with van der Waals surface area (Å²) in [7, 11) is 1.60. The third-order valence-electron chi connectivity index (χ3n) is 3.38. The zero-order chi connectivity index (χ0) is 16.3. The minimum absolute atomic E-state index is 0.229. The predicted molar refractivity (Wildman–Crippen MR) is 82.2 cm³/mol. The van der Waals surface area contributed by atoms with Crippen molar-refractivity contribution < 1.29 is 14.6 Å². The summed E-state index contributed by atoms with van der Waals surface area (Å²) in [5.41, 5.74) is 2.19. The summed E-state index contributed by atoms with van der Waals surface area (Å²) in [6.45, 7) is 4.09. The SMILES string of the molecule is CCn1nc(-c2ccc(OC)c(C)c2)cc(CC(=O)O)c1=O. The van der Waals surface area contributed by atoms with Gasteiger partial charge in [-0.05, 0) is 43.7 Å². The highest BCUT2D eigenvalue weighted by molar-refractivity contribution is 5.71. The van der Waals surface area contributed by atoms with Crippen LogP contribution in [0.2, 0.25) is 0 Å². The number of methoxy groups -OCH3 is 1. The number of hydrogen-bond donors (Lipinski definition) is 1. The van der Waals surface area contributed by atoms with Gasteiger partial charge in [-0.3, -0.25) is 9.59 Å². The van der Waals surface area contributed by atoms with Crippen molar-refractivity contribution in [3.05, 3.63) is 45.7 Å². The molecule has 116 valence electrons. The molecule has 0 aliphatic carbocycles. The lowest BCUT2D eigenvalue weighted by Gasteiger charge is -2.10. The molecule has 6 heteroatoms. The molecule has 1 N–H and O–H groups in total. The Labute approximate surface area is 128 Å². The highest BCUT2D eigenvalue weighted by Crippen LogP contribution is 2.24. The Morgan fingerprint density at radius 3 is 2.64 bits per heavy atom. The van der Waals surface area contributed by atoms with Crippen molar-refractivity contribution in [3.63, 3.8) is 0 Å². The number of carbonyl (C=O) groups is 1. The van der Waals surface area contributed by atoms with Crippen LogP contribution in [0.5, 0.6) is 5.75 Å².